The van der Waals surface area contributed by atoms with Gasteiger partial charge in [0.2, 0.25) is 5.82 Å². The van der Waals surface area contributed by atoms with Gasteiger partial charge < -0.3 is 9.80 Å². The first-order chi connectivity index (χ1) is 10.6. The van der Waals surface area contributed by atoms with Gasteiger partial charge in [0.15, 0.2) is 0 Å². The average molecular weight is 363 g/mol. The predicted octanol–water partition coefficient (Wildman–Crippen LogP) is 3.08. The fourth-order valence-electron chi connectivity index (χ4n) is 2.61. The monoisotopic (exact) mass is 362 g/mol. The lowest BCUT2D eigenvalue weighted by molar-refractivity contribution is -0.384. The number of hydrogen-bond donors (Lipinski definition) is 0. The van der Waals surface area contributed by atoms with E-state index in [9.17, 15) is 10.1 Å². The Balaban J connectivity index is 1.76. The van der Waals surface area contributed by atoms with Crippen LogP contribution in [-0.2, 0) is 0 Å². The van der Waals surface area contributed by atoms with Crippen LogP contribution in [0.4, 0.5) is 17.2 Å². The van der Waals surface area contributed by atoms with Crippen LogP contribution in [0.25, 0.3) is 0 Å². The van der Waals surface area contributed by atoms with E-state index in [2.05, 4.69) is 37.9 Å². The number of rotatable bonds is 3. The molecule has 0 saturated carbocycles. The lowest BCUT2D eigenvalue weighted by atomic mass is 10.2. The van der Waals surface area contributed by atoms with Gasteiger partial charge in [-0.1, -0.05) is 18.2 Å². The Hall–Kier alpha value is -2.15. The van der Waals surface area contributed by atoms with Crippen LogP contribution in [-0.4, -0.2) is 36.1 Å². The lowest BCUT2D eigenvalue weighted by Gasteiger charge is -2.36. The van der Waals surface area contributed by atoms with E-state index in [0.29, 0.717) is 23.4 Å². The van der Waals surface area contributed by atoms with Crippen molar-refractivity contribution >= 4 is 33.1 Å². The first-order valence-corrected chi connectivity index (χ1v) is 7.79. The number of nitro groups is 1. The molecule has 0 bridgehead atoms. The zero-order chi connectivity index (χ0) is 15.5. The molecule has 1 fully saturated rings. The molecule has 0 spiro atoms. The van der Waals surface area contributed by atoms with Crippen molar-refractivity contribution in [2.24, 2.45) is 0 Å². The molecule has 1 aromatic heterocycles. The van der Waals surface area contributed by atoms with Crippen LogP contribution >= 0.6 is 15.9 Å². The van der Waals surface area contributed by atoms with Crippen molar-refractivity contribution in [1.29, 1.82) is 0 Å². The molecule has 3 rings (SSSR count). The van der Waals surface area contributed by atoms with Gasteiger partial charge in [0.25, 0.3) is 0 Å². The quantitative estimate of drug-likeness (QED) is 0.620. The maximum atomic E-state index is 11.2. The molecule has 0 N–H and O–H groups in total. The van der Waals surface area contributed by atoms with Gasteiger partial charge in [-0.05, 0) is 28.1 Å². The Labute approximate surface area is 136 Å². The van der Waals surface area contributed by atoms with E-state index in [1.807, 2.05) is 23.1 Å². The molecule has 7 heteroatoms. The molecule has 1 saturated heterocycles. The molecule has 0 atom stereocenters. The highest BCUT2D eigenvalue weighted by atomic mass is 79.9. The SMILES string of the molecule is O=[N+]([O-])c1cc(Br)cnc1N1CCN(c2ccccc2)CC1. The van der Waals surface area contributed by atoms with Gasteiger partial charge in [0.05, 0.1) is 4.92 Å². The molecule has 0 aliphatic carbocycles. The molecule has 2 aromatic rings. The van der Waals surface area contributed by atoms with E-state index in [0.717, 1.165) is 13.1 Å². The van der Waals surface area contributed by atoms with Gasteiger partial charge in [0, 0.05) is 48.6 Å². The maximum absolute atomic E-state index is 11.2. The summed E-state index contributed by atoms with van der Waals surface area (Å²) in [7, 11) is 0. The van der Waals surface area contributed by atoms with Crippen LogP contribution in [0.15, 0.2) is 47.1 Å². The number of hydrogen-bond acceptors (Lipinski definition) is 5. The van der Waals surface area contributed by atoms with Crippen molar-refractivity contribution in [3.05, 3.63) is 57.2 Å². The first-order valence-electron chi connectivity index (χ1n) is 7.00. The second-order valence-corrected chi connectivity index (χ2v) is 5.98. The van der Waals surface area contributed by atoms with Crippen molar-refractivity contribution in [3.63, 3.8) is 0 Å². The summed E-state index contributed by atoms with van der Waals surface area (Å²) < 4.78 is 0.617. The fraction of sp³-hybridized carbons (Fsp3) is 0.267. The third-order valence-electron chi connectivity index (χ3n) is 3.71. The van der Waals surface area contributed by atoms with Crippen LogP contribution in [0.3, 0.4) is 0 Å². The molecule has 114 valence electrons. The zero-order valence-corrected chi connectivity index (χ0v) is 13.4. The highest BCUT2D eigenvalue weighted by Crippen LogP contribution is 2.29. The van der Waals surface area contributed by atoms with Gasteiger partial charge >= 0.3 is 5.69 Å². The minimum atomic E-state index is -0.378. The Morgan fingerprint density at radius 1 is 1.09 bits per heavy atom. The third kappa shape index (κ3) is 3.04. The molecule has 1 aliphatic rings. The summed E-state index contributed by atoms with van der Waals surface area (Å²) in [5, 5.41) is 11.2. The Morgan fingerprint density at radius 2 is 1.73 bits per heavy atom. The van der Waals surface area contributed by atoms with Crippen molar-refractivity contribution in [1.82, 2.24) is 4.98 Å². The summed E-state index contributed by atoms with van der Waals surface area (Å²) in [6, 6.07) is 11.7. The molecule has 1 aromatic carbocycles. The molecule has 6 nitrogen and oxygen atoms in total. The molecule has 1 aliphatic heterocycles. The molecule has 0 amide bonds. The molecule has 22 heavy (non-hydrogen) atoms. The topological polar surface area (TPSA) is 62.5 Å². The van der Waals surface area contributed by atoms with Crippen molar-refractivity contribution in [3.8, 4) is 0 Å². The number of para-hydroxylation sites is 1. The van der Waals surface area contributed by atoms with Crippen LogP contribution in [0.5, 0.6) is 0 Å². The van der Waals surface area contributed by atoms with E-state index in [1.54, 1.807) is 6.20 Å². The number of pyridine rings is 1. The highest BCUT2D eigenvalue weighted by Gasteiger charge is 2.25. The fourth-order valence-corrected chi connectivity index (χ4v) is 2.93. The standard InChI is InChI=1S/C15H15BrN4O2/c16-12-10-14(20(21)22)15(17-11-12)19-8-6-18(7-9-19)13-4-2-1-3-5-13/h1-5,10-11H,6-9H2. The van der Waals surface area contributed by atoms with Gasteiger partial charge in [-0.15, -0.1) is 0 Å². The second kappa shape index (κ2) is 6.31. The van der Waals surface area contributed by atoms with Gasteiger partial charge in [-0.3, -0.25) is 10.1 Å². The highest BCUT2D eigenvalue weighted by molar-refractivity contribution is 9.10. The first kappa shape index (κ1) is 14.8. The minimum Gasteiger partial charge on any atom is -0.368 e. The molecular formula is C15H15BrN4O2. The number of piperazine rings is 1. The molecule has 2 heterocycles. The van der Waals surface area contributed by atoms with E-state index in [1.165, 1.54) is 11.8 Å². The molecule has 0 unspecified atom stereocenters. The number of aromatic nitrogens is 1. The predicted molar refractivity (Wildman–Crippen MR) is 89.5 cm³/mol. The number of anilines is 2. The van der Waals surface area contributed by atoms with E-state index >= 15 is 0 Å². The average Bonchev–Trinajstić information content (AvgIpc) is 2.56. The minimum absolute atomic E-state index is 0.0440. The normalized spacial score (nSPS) is 15.0. The van der Waals surface area contributed by atoms with E-state index in [-0.39, 0.29) is 10.6 Å². The molecule has 0 radical (unpaired) electrons. The van der Waals surface area contributed by atoms with Crippen LogP contribution < -0.4 is 9.80 Å². The number of halogens is 1. The van der Waals surface area contributed by atoms with Gasteiger partial charge in [-0.25, -0.2) is 4.98 Å². The Kier molecular flexibility index (Phi) is 4.24. The number of benzene rings is 1. The third-order valence-corrected chi connectivity index (χ3v) is 4.14. The Morgan fingerprint density at radius 3 is 2.36 bits per heavy atom. The van der Waals surface area contributed by atoms with Crippen LogP contribution in [0.1, 0.15) is 0 Å². The van der Waals surface area contributed by atoms with Gasteiger partial charge in [-0.2, -0.15) is 0 Å². The summed E-state index contributed by atoms with van der Waals surface area (Å²) in [6.07, 6.45) is 1.60. The second-order valence-electron chi connectivity index (χ2n) is 5.06. The summed E-state index contributed by atoms with van der Waals surface area (Å²) in [5.74, 6) is 0.445. The zero-order valence-electron chi connectivity index (χ0n) is 11.9. The largest absolute Gasteiger partial charge is 0.368 e. The number of nitrogens with zero attached hydrogens (tertiary/aromatic N) is 4. The van der Waals surface area contributed by atoms with Crippen molar-refractivity contribution in [2.45, 2.75) is 0 Å². The summed E-state index contributed by atoms with van der Waals surface area (Å²) in [4.78, 5) is 19.3. The maximum Gasteiger partial charge on any atom is 0.312 e. The smallest absolute Gasteiger partial charge is 0.312 e. The lowest BCUT2D eigenvalue weighted by Crippen LogP contribution is -2.47. The summed E-state index contributed by atoms with van der Waals surface area (Å²) >= 11 is 3.24. The van der Waals surface area contributed by atoms with Gasteiger partial charge in [0.1, 0.15) is 0 Å². The van der Waals surface area contributed by atoms with E-state index in [4.69, 9.17) is 0 Å². The van der Waals surface area contributed by atoms with E-state index < -0.39 is 0 Å². The van der Waals surface area contributed by atoms with Crippen molar-refractivity contribution < 1.29 is 4.92 Å². The molecular weight excluding hydrogens is 348 g/mol. The Bertz CT molecular complexity index is 672. The summed E-state index contributed by atoms with van der Waals surface area (Å²) in [6.45, 7) is 3.06. The van der Waals surface area contributed by atoms with Crippen molar-refractivity contribution in [2.75, 3.05) is 36.0 Å². The van der Waals surface area contributed by atoms with Crippen LogP contribution in [0, 0.1) is 10.1 Å². The summed E-state index contributed by atoms with van der Waals surface area (Å²) in [5.41, 5.74) is 1.22. The van der Waals surface area contributed by atoms with Crippen LogP contribution in [0.2, 0.25) is 0 Å².